The molecule has 1 heterocycles. The van der Waals surface area contributed by atoms with Crippen LogP contribution in [0.5, 0.6) is 11.5 Å². The average molecular weight is 413 g/mol. The van der Waals surface area contributed by atoms with Crippen LogP contribution in [-0.4, -0.2) is 31.0 Å². The summed E-state index contributed by atoms with van der Waals surface area (Å²) in [7, 11) is 3.12. The molecule has 0 bridgehead atoms. The number of hydrogen-bond acceptors (Lipinski definition) is 6. The molecule has 7 nitrogen and oxygen atoms in total. The maximum atomic E-state index is 12.5. The smallest absolute Gasteiger partial charge is 0.228 e. The van der Waals surface area contributed by atoms with Crippen molar-refractivity contribution in [1.29, 1.82) is 0 Å². The summed E-state index contributed by atoms with van der Waals surface area (Å²) in [4.78, 5) is 28.6. The predicted molar refractivity (Wildman–Crippen MR) is 115 cm³/mol. The SMILES string of the molecule is CCCC(=O)Nc1nc2ccc(CC(=O)Nc3cc(OC)cc(OC)c3)cc2s1. The lowest BCUT2D eigenvalue weighted by atomic mass is 10.1. The zero-order valence-corrected chi connectivity index (χ0v) is 17.4. The van der Waals surface area contributed by atoms with Crippen molar-refractivity contribution in [2.24, 2.45) is 0 Å². The summed E-state index contributed by atoms with van der Waals surface area (Å²) >= 11 is 1.40. The number of methoxy groups -OCH3 is 2. The molecule has 2 amide bonds. The molecule has 0 saturated carbocycles. The van der Waals surface area contributed by atoms with Crippen molar-refractivity contribution >= 4 is 44.2 Å². The van der Waals surface area contributed by atoms with E-state index in [1.807, 2.05) is 25.1 Å². The minimum atomic E-state index is -0.152. The first-order valence-corrected chi connectivity index (χ1v) is 10.0. The highest BCUT2D eigenvalue weighted by atomic mass is 32.1. The fourth-order valence-corrected chi connectivity index (χ4v) is 3.76. The van der Waals surface area contributed by atoms with Gasteiger partial charge in [0.15, 0.2) is 5.13 Å². The van der Waals surface area contributed by atoms with Gasteiger partial charge in [0.05, 0.1) is 30.9 Å². The Morgan fingerprint density at radius 3 is 2.38 bits per heavy atom. The molecule has 3 aromatic rings. The van der Waals surface area contributed by atoms with Gasteiger partial charge in [0, 0.05) is 30.3 Å². The summed E-state index contributed by atoms with van der Waals surface area (Å²) < 4.78 is 11.4. The second-order valence-corrected chi connectivity index (χ2v) is 7.48. The number of anilines is 2. The van der Waals surface area contributed by atoms with E-state index in [0.29, 0.717) is 28.7 Å². The highest BCUT2D eigenvalue weighted by Crippen LogP contribution is 2.28. The van der Waals surface area contributed by atoms with Gasteiger partial charge >= 0.3 is 0 Å². The second-order valence-electron chi connectivity index (χ2n) is 6.45. The van der Waals surface area contributed by atoms with Crippen LogP contribution in [0, 0.1) is 0 Å². The van der Waals surface area contributed by atoms with Crippen molar-refractivity contribution in [2.75, 3.05) is 24.9 Å². The molecule has 2 aromatic carbocycles. The van der Waals surface area contributed by atoms with Crippen LogP contribution in [0.2, 0.25) is 0 Å². The Kier molecular flexibility index (Phi) is 6.66. The van der Waals surface area contributed by atoms with Crippen LogP contribution >= 0.6 is 11.3 Å². The Hall–Kier alpha value is -3.13. The number of rotatable bonds is 8. The Bertz CT molecular complexity index is 1010. The topological polar surface area (TPSA) is 89.6 Å². The summed E-state index contributed by atoms with van der Waals surface area (Å²) in [5, 5.41) is 6.25. The van der Waals surface area contributed by atoms with E-state index in [2.05, 4.69) is 15.6 Å². The van der Waals surface area contributed by atoms with E-state index in [9.17, 15) is 9.59 Å². The number of aromatic nitrogens is 1. The molecule has 0 atom stereocenters. The molecule has 0 aliphatic carbocycles. The number of nitrogens with one attached hydrogen (secondary N) is 2. The van der Waals surface area contributed by atoms with Gasteiger partial charge in [-0.05, 0) is 24.1 Å². The number of carbonyl (C=O) groups is 2. The molecule has 0 aliphatic rings. The molecule has 29 heavy (non-hydrogen) atoms. The molecule has 0 spiro atoms. The first-order valence-electron chi connectivity index (χ1n) is 9.23. The van der Waals surface area contributed by atoms with Crippen molar-refractivity contribution in [3.8, 4) is 11.5 Å². The van der Waals surface area contributed by atoms with Crippen LogP contribution < -0.4 is 20.1 Å². The van der Waals surface area contributed by atoms with E-state index < -0.39 is 0 Å². The lowest BCUT2D eigenvalue weighted by Gasteiger charge is -2.10. The Morgan fingerprint density at radius 1 is 1.00 bits per heavy atom. The Morgan fingerprint density at radius 2 is 1.72 bits per heavy atom. The minimum absolute atomic E-state index is 0.0418. The van der Waals surface area contributed by atoms with Crippen LogP contribution in [0.4, 0.5) is 10.8 Å². The Balaban J connectivity index is 1.69. The third-order valence-electron chi connectivity index (χ3n) is 4.18. The molecular weight excluding hydrogens is 390 g/mol. The number of ether oxygens (including phenoxy) is 2. The number of thiazole rings is 1. The fourth-order valence-electron chi connectivity index (χ4n) is 2.81. The maximum Gasteiger partial charge on any atom is 0.228 e. The van der Waals surface area contributed by atoms with Gasteiger partial charge in [0.1, 0.15) is 11.5 Å². The van der Waals surface area contributed by atoms with Crippen LogP contribution in [-0.2, 0) is 16.0 Å². The molecule has 0 saturated heterocycles. The number of hydrogen-bond donors (Lipinski definition) is 2. The standard InChI is InChI=1S/C21H23N3O4S/c1-4-5-19(25)24-21-23-17-7-6-13(8-18(17)29-21)9-20(26)22-14-10-15(27-2)12-16(11-14)28-3/h6-8,10-12H,4-5,9H2,1-3H3,(H,22,26)(H,23,24,25). The third-order valence-corrected chi connectivity index (χ3v) is 5.11. The van der Waals surface area contributed by atoms with Crippen molar-refractivity contribution in [3.63, 3.8) is 0 Å². The molecule has 0 radical (unpaired) electrons. The molecule has 2 N–H and O–H groups in total. The van der Waals surface area contributed by atoms with Gasteiger partial charge in [-0.25, -0.2) is 4.98 Å². The number of carbonyl (C=O) groups excluding carboxylic acids is 2. The van der Waals surface area contributed by atoms with Crippen LogP contribution in [0.15, 0.2) is 36.4 Å². The summed E-state index contributed by atoms with van der Waals surface area (Å²) in [5.41, 5.74) is 2.26. The normalized spacial score (nSPS) is 10.6. The first kappa shape index (κ1) is 20.6. The number of fused-ring (bicyclic) bond motifs is 1. The minimum Gasteiger partial charge on any atom is -0.497 e. The van der Waals surface area contributed by atoms with Crippen molar-refractivity contribution in [3.05, 3.63) is 42.0 Å². The summed E-state index contributed by atoms with van der Waals surface area (Å²) in [5.74, 6) is 1.01. The van der Waals surface area contributed by atoms with Gasteiger partial charge in [-0.1, -0.05) is 24.3 Å². The van der Waals surface area contributed by atoms with Crippen LogP contribution in [0.3, 0.4) is 0 Å². The molecule has 3 rings (SSSR count). The largest absolute Gasteiger partial charge is 0.497 e. The highest BCUT2D eigenvalue weighted by molar-refractivity contribution is 7.22. The van der Waals surface area contributed by atoms with Crippen LogP contribution in [0.25, 0.3) is 10.2 Å². The van der Waals surface area contributed by atoms with Gasteiger partial charge in [0.2, 0.25) is 11.8 Å². The van der Waals surface area contributed by atoms with Gasteiger partial charge < -0.3 is 20.1 Å². The molecule has 1 aromatic heterocycles. The quantitative estimate of drug-likeness (QED) is 0.577. The van der Waals surface area contributed by atoms with Crippen molar-refractivity contribution < 1.29 is 19.1 Å². The molecule has 0 fully saturated rings. The van der Waals surface area contributed by atoms with E-state index in [4.69, 9.17) is 9.47 Å². The molecule has 0 aliphatic heterocycles. The van der Waals surface area contributed by atoms with E-state index in [0.717, 1.165) is 22.2 Å². The summed E-state index contributed by atoms with van der Waals surface area (Å²) in [6.45, 7) is 1.96. The van der Waals surface area contributed by atoms with Gasteiger partial charge in [0.25, 0.3) is 0 Å². The summed E-state index contributed by atoms with van der Waals surface area (Å²) in [6, 6.07) is 10.9. The molecule has 8 heteroatoms. The van der Waals surface area contributed by atoms with E-state index in [-0.39, 0.29) is 18.2 Å². The van der Waals surface area contributed by atoms with Crippen molar-refractivity contribution in [1.82, 2.24) is 4.98 Å². The van der Waals surface area contributed by atoms with Gasteiger partial charge in [-0.15, -0.1) is 0 Å². The van der Waals surface area contributed by atoms with Gasteiger partial charge in [-0.2, -0.15) is 0 Å². The van der Waals surface area contributed by atoms with E-state index >= 15 is 0 Å². The number of benzene rings is 2. The molecule has 0 unspecified atom stereocenters. The monoisotopic (exact) mass is 413 g/mol. The third kappa shape index (κ3) is 5.45. The second kappa shape index (κ2) is 9.38. The molecular formula is C21H23N3O4S. The number of nitrogens with zero attached hydrogens (tertiary/aromatic N) is 1. The average Bonchev–Trinajstić information content (AvgIpc) is 3.08. The van der Waals surface area contributed by atoms with Crippen molar-refractivity contribution in [2.45, 2.75) is 26.2 Å². The maximum absolute atomic E-state index is 12.5. The zero-order chi connectivity index (χ0) is 20.8. The Labute approximate surface area is 173 Å². The highest BCUT2D eigenvalue weighted by Gasteiger charge is 2.11. The van der Waals surface area contributed by atoms with Crippen LogP contribution in [0.1, 0.15) is 25.3 Å². The lowest BCUT2D eigenvalue weighted by molar-refractivity contribution is -0.116. The summed E-state index contributed by atoms with van der Waals surface area (Å²) in [6.07, 6.45) is 1.47. The van der Waals surface area contributed by atoms with Gasteiger partial charge in [-0.3, -0.25) is 9.59 Å². The predicted octanol–water partition coefficient (Wildman–Crippen LogP) is 4.23. The zero-order valence-electron chi connectivity index (χ0n) is 16.6. The van der Waals surface area contributed by atoms with E-state index in [1.165, 1.54) is 11.3 Å². The van der Waals surface area contributed by atoms with E-state index in [1.54, 1.807) is 32.4 Å². The number of amides is 2. The first-order chi connectivity index (χ1) is 14.0. The molecule has 152 valence electrons. The fraction of sp³-hybridized carbons (Fsp3) is 0.286. The lowest BCUT2D eigenvalue weighted by Crippen LogP contribution is -2.14.